The molecule has 0 bridgehead atoms. The molecular weight excluding hydrogens is 504 g/mol. The van der Waals surface area contributed by atoms with Gasteiger partial charge in [-0.15, -0.1) is 0 Å². The standard InChI is InChI=1S/C33H40F4O2/c1-3-4-5-6-7-20-38-29-19-14-24(30(34)33(29)37)12-15-26-16-13-25(21-39-26)28-18-17-27(31(35)32(28)36)23-10-8-22(2)9-11-23/h14,17-19,22-23,25-26H,3-11,13,16,20-21H2,1-2H3. The Kier molecular flexibility index (Phi) is 10.7. The van der Waals surface area contributed by atoms with E-state index in [1.165, 1.54) is 12.1 Å². The van der Waals surface area contributed by atoms with Gasteiger partial charge in [0.15, 0.2) is 23.2 Å². The molecule has 0 aromatic heterocycles. The van der Waals surface area contributed by atoms with Gasteiger partial charge < -0.3 is 9.47 Å². The molecule has 2 unspecified atom stereocenters. The second kappa shape index (κ2) is 14.2. The third-order valence-electron chi connectivity index (χ3n) is 8.23. The zero-order valence-corrected chi connectivity index (χ0v) is 23.1. The van der Waals surface area contributed by atoms with E-state index in [0.29, 0.717) is 36.5 Å². The van der Waals surface area contributed by atoms with Crippen LogP contribution in [0.1, 0.15) is 113 Å². The lowest BCUT2D eigenvalue weighted by molar-refractivity contribution is 0.0374. The summed E-state index contributed by atoms with van der Waals surface area (Å²) in [6.45, 7) is 4.87. The molecule has 0 spiro atoms. The van der Waals surface area contributed by atoms with Crippen molar-refractivity contribution < 1.29 is 27.0 Å². The fourth-order valence-corrected chi connectivity index (χ4v) is 5.68. The zero-order chi connectivity index (χ0) is 27.8. The molecule has 6 heteroatoms. The molecule has 2 atom stereocenters. The summed E-state index contributed by atoms with van der Waals surface area (Å²) in [5.41, 5.74) is 0.761. The minimum atomic E-state index is -1.04. The van der Waals surface area contributed by atoms with E-state index >= 15 is 8.78 Å². The Bertz CT molecular complexity index is 1150. The zero-order valence-electron chi connectivity index (χ0n) is 23.1. The molecule has 2 fully saturated rings. The largest absolute Gasteiger partial charge is 0.490 e. The first-order valence-electron chi connectivity index (χ1n) is 14.6. The topological polar surface area (TPSA) is 18.5 Å². The maximum atomic E-state index is 15.1. The minimum absolute atomic E-state index is 0.0608. The summed E-state index contributed by atoms with van der Waals surface area (Å²) < 4.78 is 70.3. The Labute approximate surface area is 230 Å². The number of unbranched alkanes of at least 4 members (excludes halogenated alkanes) is 4. The molecule has 2 aromatic carbocycles. The van der Waals surface area contributed by atoms with Crippen LogP contribution < -0.4 is 4.74 Å². The molecule has 39 heavy (non-hydrogen) atoms. The molecule has 2 nitrogen and oxygen atoms in total. The van der Waals surface area contributed by atoms with Crippen molar-refractivity contribution in [2.45, 2.75) is 102 Å². The van der Waals surface area contributed by atoms with Gasteiger partial charge in [0, 0.05) is 5.92 Å². The second-order valence-corrected chi connectivity index (χ2v) is 11.2. The van der Waals surface area contributed by atoms with Crippen LogP contribution in [0.2, 0.25) is 0 Å². The van der Waals surface area contributed by atoms with Crippen LogP contribution in [0.5, 0.6) is 5.75 Å². The number of hydrogen-bond acceptors (Lipinski definition) is 2. The Morgan fingerprint density at radius 1 is 0.769 bits per heavy atom. The second-order valence-electron chi connectivity index (χ2n) is 11.2. The highest BCUT2D eigenvalue weighted by Crippen LogP contribution is 2.39. The molecule has 2 aromatic rings. The van der Waals surface area contributed by atoms with Crippen LogP contribution in [-0.4, -0.2) is 19.3 Å². The summed E-state index contributed by atoms with van der Waals surface area (Å²) in [4.78, 5) is 0. The molecule has 0 amide bonds. The van der Waals surface area contributed by atoms with Gasteiger partial charge in [0.2, 0.25) is 5.82 Å². The van der Waals surface area contributed by atoms with Crippen LogP contribution in [0.3, 0.4) is 0 Å². The molecule has 2 aliphatic rings. The predicted octanol–water partition coefficient (Wildman–Crippen LogP) is 9.20. The number of halogens is 4. The van der Waals surface area contributed by atoms with Crippen molar-refractivity contribution in [3.05, 3.63) is 64.2 Å². The first-order chi connectivity index (χ1) is 18.9. The number of rotatable bonds is 9. The minimum Gasteiger partial charge on any atom is -0.490 e. The van der Waals surface area contributed by atoms with Crippen molar-refractivity contribution in [3.63, 3.8) is 0 Å². The summed E-state index contributed by atoms with van der Waals surface area (Å²) in [6.07, 6.45) is 9.63. The molecule has 1 aliphatic heterocycles. The lowest BCUT2D eigenvalue weighted by Crippen LogP contribution is -2.24. The Hall–Kier alpha value is -2.52. The quantitative estimate of drug-likeness (QED) is 0.178. The summed E-state index contributed by atoms with van der Waals surface area (Å²) in [5, 5.41) is 0. The van der Waals surface area contributed by atoms with Gasteiger partial charge in [-0.25, -0.2) is 13.2 Å². The molecule has 4 rings (SSSR count). The summed E-state index contributed by atoms with van der Waals surface area (Å²) in [5.74, 6) is 2.31. The Morgan fingerprint density at radius 2 is 1.44 bits per heavy atom. The summed E-state index contributed by atoms with van der Waals surface area (Å²) >= 11 is 0. The van der Waals surface area contributed by atoms with Crippen molar-refractivity contribution in [1.82, 2.24) is 0 Å². The van der Waals surface area contributed by atoms with Gasteiger partial charge in [-0.2, -0.15) is 4.39 Å². The van der Waals surface area contributed by atoms with E-state index in [-0.39, 0.29) is 29.8 Å². The smallest absolute Gasteiger partial charge is 0.201 e. The normalized spacial score (nSPS) is 23.2. The molecule has 1 saturated heterocycles. The molecule has 1 heterocycles. The van der Waals surface area contributed by atoms with Gasteiger partial charge in [-0.1, -0.05) is 76.3 Å². The van der Waals surface area contributed by atoms with E-state index < -0.39 is 29.4 Å². The van der Waals surface area contributed by atoms with Crippen molar-refractivity contribution in [1.29, 1.82) is 0 Å². The fraction of sp³-hybridized carbons (Fsp3) is 0.576. The molecular formula is C33H40F4O2. The van der Waals surface area contributed by atoms with E-state index in [0.717, 1.165) is 57.8 Å². The van der Waals surface area contributed by atoms with Crippen LogP contribution in [0.25, 0.3) is 0 Å². The molecule has 1 saturated carbocycles. The highest BCUT2D eigenvalue weighted by molar-refractivity contribution is 5.41. The first kappa shape index (κ1) is 29.5. The molecule has 212 valence electrons. The average molecular weight is 545 g/mol. The third kappa shape index (κ3) is 7.57. The number of ether oxygens (including phenoxy) is 2. The van der Waals surface area contributed by atoms with Crippen LogP contribution in [0.15, 0.2) is 24.3 Å². The predicted molar refractivity (Wildman–Crippen MR) is 146 cm³/mol. The molecule has 0 N–H and O–H groups in total. The lowest BCUT2D eigenvalue weighted by atomic mass is 9.78. The first-order valence-corrected chi connectivity index (χ1v) is 14.6. The van der Waals surface area contributed by atoms with E-state index in [9.17, 15) is 8.78 Å². The Balaban J connectivity index is 1.31. The SMILES string of the molecule is CCCCCCCOc1ccc(C#CC2CCC(c3ccc(C4CCC(C)CC4)c(F)c3F)CO2)c(F)c1F. The third-order valence-corrected chi connectivity index (χ3v) is 8.23. The van der Waals surface area contributed by atoms with Crippen LogP contribution in [0.4, 0.5) is 17.6 Å². The Morgan fingerprint density at radius 3 is 2.10 bits per heavy atom. The summed E-state index contributed by atoms with van der Waals surface area (Å²) in [6, 6.07) is 6.27. The van der Waals surface area contributed by atoms with E-state index in [2.05, 4.69) is 25.7 Å². The molecule has 0 radical (unpaired) electrons. The van der Waals surface area contributed by atoms with Gasteiger partial charge in [-0.3, -0.25) is 0 Å². The van der Waals surface area contributed by atoms with Gasteiger partial charge in [0.05, 0.1) is 18.8 Å². The van der Waals surface area contributed by atoms with Gasteiger partial charge >= 0.3 is 0 Å². The number of hydrogen-bond donors (Lipinski definition) is 0. The van der Waals surface area contributed by atoms with Crippen molar-refractivity contribution in [3.8, 4) is 17.6 Å². The van der Waals surface area contributed by atoms with Crippen molar-refractivity contribution >= 4 is 0 Å². The highest BCUT2D eigenvalue weighted by Gasteiger charge is 2.29. The maximum Gasteiger partial charge on any atom is 0.201 e. The highest BCUT2D eigenvalue weighted by atomic mass is 19.2. The van der Waals surface area contributed by atoms with Gasteiger partial charge in [0.1, 0.15) is 6.10 Å². The van der Waals surface area contributed by atoms with Crippen LogP contribution in [0, 0.1) is 41.0 Å². The molecule has 1 aliphatic carbocycles. The summed E-state index contributed by atoms with van der Waals surface area (Å²) in [7, 11) is 0. The maximum absolute atomic E-state index is 15.1. The fourth-order valence-electron chi connectivity index (χ4n) is 5.68. The lowest BCUT2D eigenvalue weighted by Gasteiger charge is -2.29. The van der Waals surface area contributed by atoms with Crippen LogP contribution in [-0.2, 0) is 4.74 Å². The van der Waals surface area contributed by atoms with Gasteiger partial charge in [-0.05, 0) is 67.2 Å². The van der Waals surface area contributed by atoms with E-state index in [1.807, 2.05) is 0 Å². The van der Waals surface area contributed by atoms with Crippen LogP contribution >= 0.6 is 0 Å². The average Bonchev–Trinajstić information content (AvgIpc) is 2.95. The van der Waals surface area contributed by atoms with Crippen molar-refractivity contribution in [2.24, 2.45) is 5.92 Å². The van der Waals surface area contributed by atoms with E-state index in [4.69, 9.17) is 9.47 Å². The van der Waals surface area contributed by atoms with Gasteiger partial charge in [0.25, 0.3) is 0 Å². The van der Waals surface area contributed by atoms with Crippen molar-refractivity contribution in [2.75, 3.05) is 13.2 Å². The van der Waals surface area contributed by atoms with E-state index in [1.54, 1.807) is 12.1 Å². The monoisotopic (exact) mass is 544 g/mol. The number of benzene rings is 2.